The molecule has 0 bridgehead atoms. The van der Waals surface area contributed by atoms with Crippen LogP contribution in [0.25, 0.3) is 11.8 Å². The third kappa shape index (κ3) is 3.22. The van der Waals surface area contributed by atoms with Gasteiger partial charge in [0.2, 0.25) is 0 Å². The molecule has 0 aliphatic heterocycles. The molecule has 4 nitrogen and oxygen atoms in total. The molecule has 0 unspecified atom stereocenters. The Balaban J connectivity index is 2.52. The lowest BCUT2D eigenvalue weighted by Crippen LogP contribution is -2.19. The van der Waals surface area contributed by atoms with Crippen molar-refractivity contribution in [2.24, 2.45) is 0 Å². The number of nitrogens with zero attached hydrogens (tertiary/aromatic N) is 2. The number of aromatic nitrogens is 1. The summed E-state index contributed by atoms with van der Waals surface area (Å²) in [6.45, 7) is 3.99. The molecule has 0 spiro atoms. The summed E-state index contributed by atoms with van der Waals surface area (Å²) in [6.07, 6.45) is 1.63. The summed E-state index contributed by atoms with van der Waals surface area (Å²) in [4.78, 5) is 11.6. The van der Waals surface area contributed by atoms with Gasteiger partial charge in [0, 0.05) is 27.7 Å². The molecule has 0 radical (unpaired) electrons. The predicted molar refractivity (Wildman–Crippen MR) is 95.6 cm³/mol. The molecule has 1 aromatic heterocycles. The number of carbonyl (C=O) groups is 1. The van der Waals surface area contributed by atoms with Gasteiger partial charge in [0.25, 0.3) is 5.91 Å². The van der Waals surface area contributed by atoms with Gasteiger partial charge in [-0.25, -0.2) is 0 Å². The van der Waals surface area contributed by atoms with Crippen molar-refractivity contribution >= 4 is 34.6 Å². The van der Waals surface area contributed by atoms with E-state index in [0.29, 0.717) is 0 Å². The van der Waals surface area contributed by atoms with E-state index in [9.17, 15) is 4.79 Å². The quantitative estimate of drug-likeness (QED) is 0.484. The fourth-order valence-electron chi connectivity index (χ4n) is 2.36. The van der Waals surface area contributed by atoms with Crippen LogP contribution in [0, 0.1) is 28.7 Å². The number of nitrogens with one attached hydrogen (secondary N) is 1. The molecule has 0 atom stereocenters. The molecule has 1 amide bonds. The number of hydrogen-bond donors (Lipinski definition) is 1. The summed E-state index contributed by atoms with van der Waals surface area (Å²) >= 11 is 2.27. The van der Waals surface area contributed by atoms with Crippen LogP contribution in [-0.4, -0.2) is 17.5 Å². The van der Waals surface area contributed by atoms with Gasteiger partial charge in [-0.15, -0.1) is 0 Å². The summed E-state index contributed by atoms with van der Waals surface area (Å²) in [6, 6.07) is 12.1. The van der Waals surface area contributed by atoms with Crippen LogP contribution in [0.1, 0.15) is 17.0 Å². The van der Waals surface area contributed by atoms with Crippen molar-refractivity contribution in [2.45, 2.75) is 13.8 Å². The first-order valence-electron chi connectivity index (χ1n) is 6.76. The average Bonchev–Trinajstić information content (AvgIpc) is 2.79. The van der Waals surface area contributed by atoms with Gasteiger partial charge in [0.15, 0.2) is 0 Å². The molecule has 22 heavy (non-hydrogen) atoms. The zero-order chi connectivity index (χ0) is 16.3. The number of likely N-dealkylation sites (N-methyl/N-ethyl adjacent to an activating group) is 1. The number of rotatable bonds is 3. The number of nitriles is 1. The van der Waals surface area contributed by atoms with Gasteiger partial charge in [-0.1, -0.05) is 0 Å². The second kappa shape index (κ2) is 6.79. The fourth-order valence-corrected chi connectivity index (χ4v) is 2.72. The summed E-state index contributed by atoms with van der Waals surface area (Å²) < 4.78 is 3.29. The Morgan fingerprint density at radius 3 is 2.50 bits per heavy atom. The highest BCUT2D eigenvalue weighted by Crippen LogP contribution is 2.23. The normalized spacial score (nSPS) is 11.1. The van der Waals surface area contributed by atoms with Gasteiger partial charge in [-0.2, -0.15) is 5.26 Å². The lowest BCUT2D eigenvalue weighted by molar-refractivity contribution is -0.116. The van der Waals surface area contributed by atoms with E-state index in [1.54, 1.807) is 6.08 Å². The fraction of sp³-hybridized carbons (Fsp3) is 0.176. The van der Waals surface area contributed by atoms with Gasteiger partial charge < -0.3 is 9.88 Å². The van der Waals surface area contributed by atoms with Gasteiger partial charge in [0.1, 0.15) is 11.6 Å². The Hall–Kier alpha value is -2.07. The monoisotopic (exact) mass is 405 g/mol. The zero-order valence-corrected chi connectivity index (χ0v) is 14.8. The molecule has 0 fully saturated rings. The minimum atomic E-state index is -0.374. The van der Waals surface area contributed by atoms with Crippen molar-refractivity contribution in [3.05, 3.63) is 56.4 Å². The molecule has 1 aromatic carbocycles. The maximum atomic E-state index is 11.6. The Bertz CT molecular complexity index is 779. The third-order valence-corrected chi connectivity index (χ3v) is 4.17. The second-order valence-electron chi connectivity index (χ2n) is 4.89. The van der Waals surface area contributed by atoms with E-state index in [1.807, 2.05) is 26.0 Å². The highest BCUT2D eigenvalue weighted by Gasteiger charge is 2.12. The molecule has 0 aliphatic rings. The van der Waals surface area contributed by atoms with Gasteiger partial charge >= 0.3 is 0 Å². The van der Waals surface area contributed by atoms with Crippen LogP contribution in [0.4, 0.5) is 0 Å². The van der Waals surface area contributed by atoms with E-state index in [-0.39, 0.29) is 11.5 Å². The van der Waals surface area contributed by atoms with Crippen molar-refractivity contribution in [2.75, 3.05) is 7.05 Å². The average molecular weight is 405 g/mol. The van der Waals surface area contributed by atoms with Crippen LogP contribution in [0.2, 0.25) is 0 Å². The summed E-state index contributed by atoms with van der Waals surface area (Å²) in [7, 11) is 1.52. The zero-order valence-electron chi connectivity index (χ0n) is 12.6. The largest absolute Gasteiger partial charge is 0.354 e. The van der Waals surface area contributed by atoms with Crippen LogP contribution in [0.5, 0.6) is 0 Å². The maximum absolute atomic E-state index is 11.6. The predicted octanol–water partition coefficient (Wildman–Crippen LogP) is 3.35. The lowest BCUT2D eigenvalue weighted by atomic mass is 10.1. The maximum Gasteiger partial charge on any atom is 0.261 e. The molecule has 2 rings (SSSR count). The molecule has 0 saturated carbocycles. The number of halogens is 1. The summed E-state index contributed by atoms with van der Waals surface area (Å²) in [5, 5.41) is 11.6. The van der Waals surface area contributed by atoms with Crippen LogP contribution in [-0.2, 0) is 4.79 Å². The van der Waals surface area contributed by atoms with Crippen molar-refractivity contribution in [3.8, 4) is 11.8 Å². The molecule has 0 saturated heterocycles. The van der Waals surface area contributed by atoms with Gasteiger partial charge in [0.05, 0.1) is 0 Å². The first-order valence-corrected chi connectivity index (χ1v) is 7.84. The molecule has 5 heteroatoms. The molecule has 0 aliphatic carbocycles. The van der Waals surface area contributed by atoms with Crippen molar-refractivity contribution < 1.29 is 4.79 Å². The van der Waals surface area contributed by atoms with E-state index >= 15 is 0 Å². The molecular formula is C17H16IN3O. The highest BCUT2D eigenvalue weighted by molar-refractivity contribution is 14.1. The van der Waals surface area contributed by atoms with Crippen molar-refractivity contribution in [1.82, 2.24) is 9.88 Å². The minimum absolute atomic E-state index is 0.102. The Labute approximate surface area is 143 Å². The SMILES string of the molecule is CNC(=O)/C(C#N)=C\c1cc(C)n(-c2ccc(I)cc2)c1C. The highest BCUT2D eigenvalue weighted by atomic mass is 127. The second-order valence-corrected chi connectivity index (χ2v) is 6.13. The van der Waals surface area contributed by atoms with E-state index in [0.717, 1.165) is 22.6 Å². The van der Waals surface area contributed by atoms with Gasteiger partial charge in [-0.3, -0.25) is 4.79 Å². The molecular weight excluding hydrogens is 389 g/mol. The number of benzene rings is 1. The van der Waals surface area contributed by atoms with E-state index in [2.05, 4.69) is 56.7 Å². The smallest absolute Gasteiger partial charge is 0.261 e. The van der Waals surface area contributed by atoms with Crippen molar-refractivity contribution in [3.63, 3.8) is 0 Å². The lowest BCUT2D eigenvalue weighted by Gasteiger charge is -2.09. The first-order chi connectivity index (χ1) is 10.5. The standard InChI is InChI=1S/C17H16IN3O/c1-11-8-13(9-14(10-19)17(22)20-3)12(2)21(11)16-6-4-15(18)5-7-16/h4-9H,1-3H3,(H,20,22)/b14-9-. The van der Waals surface area contributed by atoms with Crippen LogP contribution < -0.4 is 5.32 Å². The number of amides is 1. The Kier molecular flexibility index (Phi) is 5.03. The summed E-state index contributed by atoms with van der Waals surface area (Å²) in [5.41, 5.74) is 4.09. The number of hydrogen-bond acceptors (Lipinski definition) is 2. The Morgan fingerprint density at radius 2 is 1.95 bits per heavy atom. The van der Waals surface area contributed by atoms with E-state index in [4.69, 9.17) is 5.26 Å². The van der Waals surface area contributed by atoms with Crippen LogP contribution in [0.15, 0.2) is 35.9 Å². The van der Waals surface area contributed by atoms with Crippen LogP contribution >= 0.6 is 22.6 Å². The van der Waals surface area contributed by atoms with Gasteiger partial charge in [-0.05, 0) is 78.4 Å². The topological polar surface area (TPSA) is 57.8 Å². The Morgan fingerprint density at radius 1 is 1.32 bits per heavy atom. The first kappa shape index (κ1) is 16.3. The van der Waals surface area contributed by atoms with E-state index in [1.165, 1.54) is 10.6 Å². The number of aryl methyl sites for hydroxylation is 1. The minimum Gasteiger partial charge on any atom is -0.354 e. The molecule has 1 heterocycles. The molecule has 112 valence electrons. The third-order valence-electron chi connectivity index (χ3n) is 3.45. The molecule has 2 aromatic rings. The van der Waals surface area contributed by atoms with E-state index < -0.39 is 0 Å². The summed E-state index contributed by atoms with van der Waals surface area (Å²) in [5.74, 6) is -0.374. The van der Waals surface area contributed by atoms with Crippen molar-refractivity contribution in [1.29, 1.82) is 5.26 Å². The number of carbonyl (C=O) groups excluding carboxylic acids is 1. The van der Waals surface area contributed by atoms with Crippen LogP contribution in [0.3, 0.4) is 0 Å². The molecule has 1 N–H and O–H groups in total.